The van der Waals surface area contributed by atoms with E-state index in [9.17, 15) is 9.59 Å². The van der Waals surface area contributed by atoms with Gasteiger partial charge >= 0.3 is 6.03 Å². The Bertz CT molecular complexity index is 161. The van der Waals surface area contributed by atoms with Gasteiger partial charge in [-0.1, -0.05) is 6.92 Å². The zero-order chi connectivity index (χ0) is 9.40. The first-order valence-corrected chi connectivity index (χ1v) is 4.52. The van der Waals surface area contributed by atoms with Crippen LogP contribution in [-0.2, 0) is 4.79 Å². The van der Waals surface area contributed by atoms with Gasteiger partial charge in [0.05, 0.1) is 0 Å². The van der Waals surface area contributed by atoms with Crippen molar-refractivity contribution in [1.29, 1.82) is 0 Å². The summed E-state index contributed by atoms with van der Waals surface area (Å²) in [7, 11) is 0. The van der Waals surface area contributed by atoms with E-state index >= 15 is 0 Å². The van der Waals surface area contributed by atoms with E-state index in [2.05, 4.69) is 23.3 Å². The van der Waals surface area contributed by atoms with E-state index in [1.807, 2.05) is 6.92 Å². The standard InChI is InChI=1S/C7H14N2O2S/c1-2-3-6(10)9-7(11)8-4-5-12/h12H,2-5H2,1H3,(H2,8,9,10,11). The minimum atomic E-state index is -0.442. The number of thiol groups is 1. The molecule has 0 aliphatic rings. The molecule has 0 saturated heterocycles. The number of rotatable bonds is 4. The van der Waals surface area contributed by atoms with Crippen LogP contribution in [0.25, 0.3) is 0 Å². The van der Waals surface area contributed by atoms with Gasteiger partial charge in [0.25, 0.3) is 0 Å². The lowest BCUT2D eigenvalue weighted by Gasteiger charge is -2.03. The molecule has 0 heterocycles. The summed E-state index contributed by atoms with van der Waals surface area (Å²) in [5.74, 6) is 0.323. The average Bonchev–Trinajstić information content (AvgIpc) is 2.01. The monoisotopic (exact) mass is 190 g/mol. The van der Waals surface area contributed by atoms with Crippen LogP contribution < -0.4 is 10.6 Å². The summed E-state index contributed by atoms with van der Waals surface area (Å²) < 4.78 is 0. The van der Waals surface area contributed by atoms with Crippen LogP contribution in [0.15, 0.2) is 0 Å². The van der Waals surface area contributed by atoms with Crippen LogP contribution in [0.4, 0.5) is 4.79 Å². The van der Waals surface area contributed by atoms with E-state index in [1.165, 1.54) is 0 Å². The number of urea groups is 1. The van der Waals surface area contributed by atoms with Gasteiger partial charge in [0.15, 0.2) is 0 Å². The molecular weight excluding hydrogens is 176 g/mol. The maximum Gasteiger partial charge on any atom is 0.321 e. The highest BCUT2D eigenvalue weighted by atomic mass is 32.1. The van der Waals surface area contributed by atoms with Crippen LogP contribution in [0.3, 0.4) is 0 Å². The number of amides is 3. The summed E-state index contributed by atoms with van der Waals surface area (Å²) in [6.45, 7) is 2.35. The fraction of sp³-hybridized carbons (Fsp3) is 0.714. The quantitative estimate of drug-likeness (QED) is 0.567. The highest BCUT2D eigenvalue weighted by molar-refractivity contribution is 7.80. The average molecular weight is 190 g/mol. The Morgan fingerprint density at radius 3 is 2.58 bits per heavy atom. The van der Waals surface area contributed by atoms with Gasteiger partial charge in [0.2, 0.25) is 5.91 Å². The Kier molecular flexibility index (Phi) is 6.55. The first-order chi connectivity index (χ1) is 5.70. The van der Waals surface area contributed by atoms with Crippen molar-refractivity contribution in [3.05, 3.63) is 0 Å². The number of hydrogen-bond donors (Lipinski definition) is 3. The second-order valence-corrected chi connectivity index (χ2v) is 2.72. The molecule has 0 bridgehead atoms. The molecule has 2 N–H and O–H groups in total. The summed E-state index contributed by atoms with van der Waals surface area (Å²) in [5, 5.41) is 4.67. The normalized spacial score (nSPS) is 9.17. The molecule has 3 amide bonds. The van der Waals surface area contributed by atoms with Gasteiger partial charge < -0.3 is 5.32 Å². The second kappa shape index (κ2) is 6.97. The molecule has 0 aliphatic heterocycles. The molecule has 0 saturated carbocycles. The van der Waals surface area contributed by atoms with Gasteiger partial charge in [0, 0.05) is 18.7 Å². The summed E-state index contributed by atoms with van der Waals surface area (Å²) in [6, 6.07) is -0.442. The van der Waals surface area contributed by atoms with Crippen molar-refractivity contribution in [3.63, 3.8) is 0 Å². The molecule has 0 radical (unpaired) electrons. The zero-order valence-electron chi connectivity index (χ0n) is 7.09. The number of carbonyl (C=O) groups is 2. The Hall–Kier alpha value is -0.710. The third-order valence-corrected chi connectivity index (χ3v) is 1.35. The number of imide groups is 1. The molecule has 70 valence electrons. The van der Waals surface area contributed by atoms with Gasteiger partial charge in [-0.05, 0) is 6.42 Å². The van der Waals surface area contributed by atoms with Gasteiger partial charge in [-0.15, -0.1) is 0 Å². The molecule has 0 fully saturated rings. The Morgan fingerprint density at radius 2 is 2.08 bits per heavy atom. The Morgan fingerprint density at radius 1 is 1.42 bits per heavy atom. The first-order valence-electron chi connectivity index (χ1n) is 3.89. The van der Waals surface area contributed by atoms with Gasteiger partial charge in [0.1, 0.15) is 0 Å². The lowest BCUT2D eigenvalue weighted by molar-refractivity contribution is -0.120. The topological polar surface area (TPSA) is 58.2 Å². The summed E-state index contributed by atoms with van der Waals surface area (Å²) in [6.07, 6.45) is 1.12. The minimum absolute atomic E-state index is 0.242. The third-order valence-electron chi connectivity index (χ3n) is 1.13. The highest BCUT2D eigenvalue weighted by Crippen LogP contribution is 1.84. The molecule has 0 aliphatic carbocycles. The molecule has 4 nitrogen and oxygen atoms in total. The van der Waals surface area contributed by atoms with Crippen molar-refractivity contribution in [2.45, 2.75) is 19.8 Å². The molecule has 0 aromatic carbocycles. The van der Waals surface area contributed by atoms with Crippen molar-refractivity contribution >= 4 is 24.6 Å². The summed E-state index contributed by atoms with van der Waals surface area (Å²) in [4.78, 5) is 21.6. The molecule has 0 aromatic heterocycles. The van der Waals surface area contributed by atoms with Crippen molar-refractivity contribution < 1.29 is 9.59 Å². The van der Waals surface area contributed by atoms with E-state index in [0.29, 0.717) is 18.7 Å². The molecule has 0 atom stereocenters. The van der Waals surface area contributed by atoms with Crippen molar-refractivity contribution in [2.24, 2.45) is 0 Å². The number of hydrogen-bond acceptors (Lipinski definition) is 3. The molecule has 0 unspecified atom stereocenters. The van der Waals surface area contributed by atoms with Crippen LogP contribution in [0, 0.1) is 0 Å². The van der Waals surface area contributed by atoms with E-state index < -0.39 is 6.03 Å². The second-order valence-electron chi connectivity index (χ2n) is 2.28. The highest BCUT2D eigenvalue weighted by Gasteiger charge is 2.04. The summed E-state index contributed by atoms with van der Waals surface area (Å²) >= 11 is 3.90. The minimum Gasteiger partial charge on any atom is -0.337 e. The summed E-state index contributed by atoms with van der Waals surface area (Å²) in [5.41, 5.74) is 0. The molecule has 0 aromatic rings. The molecular formula is C7H14N2O2S. The lowest BCUT2D eigenvalue weighted by Crippen LogP contribution is -2.40. The Labute approximate surface area is 77.5 Å². The van der Waals surface area contributed by atoms with Crippen LogP contribution in [0.5, 0.6) is 0 Å². The lowest BCUT2D eigenvalue weighted by atomic mass is 10.3. The smallest absolute Gasteiger partial charge is 0.321 e. The van der Waals surface area contributed by atoms with Crippen LogP contribution >= 0.6 is 12.6 Å². The SMILES string of the molecule is CCCC(=O)NC(=O)NCCS. The van der Waals surface area contributed by atoms with Crippen LogP contribution in [0.1, 0.15) is 19.8 Å². The van der Waals surface area contributed by atoms with E-state index in [0.717, 1.165) is 6.42 Å². The van der Waals surface area contributed by atoms with Crippen LogP contribution in [0.2, 0.25) is 0 Å². The van der Waals surface area contributed by atoms with E-state index in [4.69, 9.17) is 0 Å². The fourth-order valence-electron chi connectivity index (χ4n) is 0.630. The molecule has 5 heteroatoms. The number of nitrogens with one attached hydrogen (secondary N) is 2. The van der Waals surface area contributed by atoms with Crippen molar-refractivity contribution in [2.75, 3.05) is 12.3 Å². The van der Waals surface area contributed by atoms with Crippen LogP contribution in [-0.4, -0.2) is 24.2 Å². The third kappa shape index (κ3) is 6.03. The van der Waals surface area contributed by atoms with Crippen molar-refractivity contribution in [1.82, 2.24) is 10.6 Å². The maximum atomic E-state index is 10.8. The fourth-order valence-corrected chi connectivity index (χ4v) is 0.742. The van der Waals surface area contributed by atoms with Gasteiger partial charge in [-0.25, -0.2) is 4.79 Å². The van der Waals surface area contributed by atoms with Gasteiger partial charge in [-0.3, -0.25) is 10.1 Å². The molecule has 12 heavy (non-hydrogen) atoms. The van der Waals surface area contributed by atoms with E-state index in [1.54, 1.807) is 0 Å². The Balaban J connectivity index is 3.47. The van der Waals surface area contributed by atoms with Gasteiger partial charge in [-0.2, -0.15) is 12.6 Å². The molecule has 0 rings (SSSR count). The van der Waals surface area contributed by atoms with E-state index in [-0.39, 0.29) is 5.91 Å². The maximum absolute atomic E-state index is 10.8. The van der Waals surface area contributed by atoms with Crippen molar-refractivity contribution in [3.8, 4) is 0 Å². The predicted molar refractivity (Wildman–Crippen MR) is 50.3 cm³/mol. The number of carbonyl (C=O) groups excluding carboxylic acids is 2. The zero-order valence-corrected chi connectivity index (χ0v) is 7.99. The molecule has 0 spiro atoms. The first kappa shape index (κ1) is 11.3. The predicted octanol–water partition coefficient (Wildman–Crippen LogP) is 0.542. The largest absolute Gasteiger partial charge is 0.337 e.